The second kappa shape index (κ2) is 7.80. The van der Waals surface area contributed by atoms with E-state index in [1.54, 1.807) is 12.1 Å². The van der Waals surface area contributed by atoms with Crippen LogP contribution in [-0.2, 0) is 24.9 Å². The smallest absolute Gasteiger partial charge is 0.223 e. The van der Waals surface area contributed by atoms with Gasteiger partial charge >= 0.3 is 0 Å². The molecule has 0 radical (unpaired) electrons. The number of carbonyl (C=O) groups is 1. The molecule has 0 saturated carbocycles. The molecule has 2 atom stereocenters. The van der Waals surface area contributed by atoms with E-state index in [1.807, 2.05) is 28.9 Å². The van der Waals surface area contributed by atoms with E-state index in [2.05, 4.69) is 16.1 Å². The van der Waals surface area contributed by atoms with Gasteiger partial charge in [-0.05, 0) is 31.4 Å². The summed E-state index contributed by atoms with van der Waals surface area (Å²) in [5, 5.41) is 4.27. The largest absolute Gasteiger partial charge is 0.334 e. The van der Waals surface area contributed by atoms with Crippen molar-refractivity contribution >= 4 is 5.91 Å². The van der Waals surface area contributed by atoms with Crippen LogP contribution in [0.3, 0.4) is 0 Å². The molecule has 2 aliphatic rings. The van der Waals surface area contributed by atoms with Gasteiger partial charge in [0.15, 0.2) is 0 Å². The van der Waals surface area contributed by atoms with Gasteiger partial charge in [-0.25, -0.2) is 4.39 Å². The Balaban J connectivity index is 1.56. The van der Waals surface area contributed by atoms with Crippen molar-refractivity contribution in [2.24, 2.45) is 7.05 Å². The molecular weight excluding hydrogens is 343 g/mol. The molecule has 0 unspecified atom stereocenters. The molecule has 27 heavy (non-hydrogen) atoms. The van der Waals surface area contributed by atoms with E-state index in [0.717, 1.165) is 38.8 Å². The SMILES string of the molecule is Cn1nccc1CN1CC[C@H]2[C@H]1CCCCC(=O)N2Cc1ccccc1F. The third-order valence-electron chi connectivity index (χ3n) is 6.07. The zero-order valence-electron chi connectivity index (χ0n) is 15.9. The Kier molecular flexibility index (Phi) is 5.25. The summed E-state index contributed by atoms with van der Waals surface area (Å²) in [6.45, 7) is 2.17. The van der Waals surface area contributed by atoms with E-state index in [-0.39, 0.29) is 17.8 Å². The summed E-state index contributed by atoms with van der Waals surface area (Å²) in [7, 11) is 1.97. The van der Waals surface area contributed by atoms with Crippen molar-refractivity contribution in [1.82, 2.24) is 19.6 Å². The van der Waals surface area contributed by atoms with Crippen molar-refractivity contribution in [2.45, 2.75) is 57.3 Å². The summed E-state index contributed by atoms with van der Waals surface area (Å²) in [5.74, 6) is -0.0658. The molecule has 6 heteroatoms. The van der Waals surface area contributed by atoms with Crippen molar-refractivity contribution < 1.29 is 9.18 Å². The Morgan fingerprint density at radius 1 is 1.11 bits per heavy atom. The van der Waals surface area contributed by atoms with Crippen molar-refractivity contribution in [1.29, 1.82) is 0 Å². The predicted molar refractivity (Wildman–Crippen MR) is 101 cm³/mol. The van der Waals surface area contributed by atoms with Crippen LogP contribution in [0.2, 0.25) is 0 Å². The lowest BCUT2D eigenvalue weighted by Crippen LogP contribution is -2.48. The maximum atomic E-state index is 14.2. The fourth-order valence-electron chi connectivity index (χ4n) is 4.57. The highest BCUT2D eigenvalue weighted by Crippen LogP contribution is 2.32. The van der Waals surface area contributed by atoms with Crippen LogP contribution in [-0.4, -0.2) is 44.1 Å². The van der Waals surface area contributed by atoms with Gasteiger partial charge in [-0.2, -0.15) is 5.10 Å². The van der Waals surface area contributed by atoms with Crippen molar-refractivity contribution in [3.63, 3.8) is 0 Å². The monoisotopic (exact) mass is 370 g/mol. The van der Waals surface area contributed by atoms with E-state index in [0.29, 0.717) is 24.6 Å². The van der Waals surface area contributed by atoms with Gasteiger partial charge < -0.3 is 4.90 Å². The molecule has 5 nitrogen and oxygen atoms in total. The summed E-state index contributed by atoms with van der Waals surface area (Å²) in [6.07, 6.45) is 6.42. The molecule has 3 heterocycles. The zero-order chi connectivity index (χ0) is 18.8. The number of fused-ring (bicyclic) bond motifs is 1. The lowest BCUT2D eigenvalue weighted by Gasteiger charge is -2.37. The third-order valence-corrected chi connectivity index (χ3v) is 6.07. The number of likely N-dealkylation sites (tertiary alicyclic amines) is 2. The first-order valence-electron chi connectivity index (χ1n) is 9.87. The van der Waals surface area contributed by atoms with E-state index in [4.69, 9.17) is 0 Å². The van der Waals surface area contributed by atoms with Crippen LogP contribution in [0.4, 0.5) is 4.39 Å². The van der Waals surface area contributed by atoms with Crippen LogP contribution in [0.5, 0.6) is 0 Å². The molecule has 0 spiro atoms. The number of halogens is 1. The second-order valence-electron chi connectivity index (χ2n) is 7.70. The quantitative estimate of drug-likeness (QED) is 0.830. The van der Waals surface area contributed by atoms with Crippen LogP contribution in [0.25, 0.3) is 0 Å². The van der Waals surface area contributed by atoms with Gasteiger partial charge in [0.05, 0.1) is 5.69 Å². The number of carbonyl (C=O) groups excluding carboxylic acids is 1. The Morgan fingerprint density at radius 2 is 1.96 bits per heavy atom. The molecule has 1 amide bonds. The van der Waals surface area contributed by atoms with Gasteiger partial charge in [0.25, 0.3) is 0 Å². The van der Waals surface area contributed by atoms with Gasteiger partial charge in [-0.15, -0.1) is 0 Å². The fraction of sp³-hybridized carbons (Fsp3) is 0.524. The third kappa shape index (κ3) is 3.76. The summed E-state index contributed by atoms with van der Waals surface area (Å²) >= 11 is 0. The summed E-state index contributed by atoms with van der Waals surface area (Å²) < 4.78 is 16.1. The van der Waals surface area contributed by atoms with Crippen LogP contribution in [0, 0.1) is 5.82 Å². The number of hydrogen-bond donors (Lipinski definition) is 0. The van der Waals surface area contributed by atoms with E-state index >= 15 is 0 Å². The molecule has 144 valence electrons. The number of rotatable bonds is 4. The molecule has 4 rings (SSSR count). The van der Waals surface area contributed by atoms with Crippen LogP contribution >= 0.6 is 0 Å². The van der Waals surface area contributed by atoms with Crippen molar-refractivity contribution in [3.05, 3.63) is 53.6 Å². The highest BCUT2D eigenvalue weighted by atomic mass is 19.1. The maximum Gasteiger partial charge on any atom is 0.223 e. The zero-order valence-corrected chi connectivity index (χ0v) is 15.9. The standard InChI is InChI=1S/C21H27FN4O/c1-24-17(10-12-23-24)15-25-13-11-20-19(25)8-4-5-9-21(27)26(20)14-16-6-2-3-7-18(16)22/h2-3,6-7,10,12,19-20H,4-5,8-9,11,13-15H2,1H3/t19-,20+/m1/s1. The molecule has 2 aliphatic heterocycles. The number of aromatic nitrogens is 2. The molecule has 2 aromatic rings. The summed E-state index contributed by atoms with van der Waals surface area (Å²) in [6, 6.07) is 9.35. The molecule has 0 bridgehead atoms. The molecule has 0 N–H and O–H groups in total. The number of hydrogen-bond acceptors (Lipinski definition) is 3. The topological polar surface area (TPSA) is 41.4 Å². The summed E-state index contributed by atoms with van der Waals surface area (Å²) in [5.41, 5.74) is 1.79. The number of aryl methyl sites for hydroxylation is 1. The van der Waals surface area contributed by atoms with Crippen LogP contribution in [0.15, 0.2) is 36.5 Å². The van der Waals surface area contributed by atoms with E-state index in [1.165, 1.54) is 11.8 Å². The van der Waals surface area contributed by atoms with Crippen molar-refractivity contribution in [3.8, 4) is 0 Å². The highest BCUT2D eigenvalue weighted by Gasteiger charge is 2.40. The van der Waals surface area contributed by atoms with Crippen LogP contribution in [0.1, 0.15) is 43.4 Å². The van der Waals surface area contributed by atoms with Gasteiger partial charge in [-0.3, -0.25) is 14.4 Å². The highest BCUT2D eigenvalue weighted by molar-refractivity contribution is 5.76. The first kappa shape index (κ1) is 18.2. The predicted octanol–water partition coefficient (Wildman–Crippen LogP) is 3.10. The minimum absolute atomic E-state index is 0.158. The van der Waals surface area contributed by atoms with Gasteiger partial charge in [-0.1, -0.05) is 24.6 Å². The Labute approximate surface area is 159 Å². The first-order valence-corrected chi connectivity index (χ1v) is 9.87. The number of nitrogens with zero attached hydrogens (tertiary/aromatic N) is 4. The normalized spacial score (nSPS) is 23.9. The minimum atomic E-state index is -0.228. The Morgan fingerprint density at radius 3 is 2.74 bits per heavy atom. The molecule has 1 aromatic heterocycles. The number of amides is 1. The molecule has 1 aromatic carbocycles. The average molecular weight is 370 g/mol. The number of benzene rings is 1. The molecule has 2 fully saturated rings. The molecule has 0 aliphatic carbocycles. The summed E-state index contributed by atoms with van der Waals surface area (Å²) in [4.78, 5) is 17.3. The molecular formula is C21H27FN4O. The average Bonchev–Trinajstić information content (AvgIpc) is 3.23. The van der Waals surface area contributed by atoms with Gasteiger partial charge in [0, 0.05) is 56.9 Å². The maximum absolute atomic E-state index is 14.2. The van der Waals surface area contributed by atoms with E-state index < -0.39 is 0 Å². The second-order valence-corrected chi connectivity index (χ2v) is 7.70. The van der Waals surface area contributed by atoms with Crippen molar-refractivity contribution in [2.75, 3.05) is 6.54 Å². The lowest BCUT2D eigenvalue weighted by atomic mass is 9.96. The Hall–Kier alpha value is -2.21. The van der Waals surface area contributed by atoms with Crippen LogP contribution < -0.4 is 0 Å². The van der Waals surface area contributed by atoms with E-state index in [9.17, 15) is 9.18 Å². The Bertz CT molecular complexity index is 805. The minimum Gasteiger partial charge on any atom is -0.334 e. The van der Waals surface area contributed by atoms with Gasteiger partial charge in [0.2, 0.25) is 5.91 Å². The first-order chi connectivity index (χ1) is 13.1. The lowest BCUT2D eigenvalue weighted by molar-refractivity contribution is -0.135. The fourth-order valence-corrected chi connectivity index (χ4v) is 4.57. The van der Waals surface area contributed by atoms with Gasteiger partial charge in [0.1, 0.15) is 5.82 Å². The molecule has 2 saturated heterocycles.